The smallest absolute Gasteiger partial charge is 0.269 e. The van der Waals surface area contributed by atoms with Gasteiger partial charge in [-0.2, -0.15) is 5.10 Å². The van der Waals surface area contributed by atoms with Crippen LogP contribution in [0.5, 0.6) is 0 Å². The number of non-ortho nitro benzene ring substituents is 1. The van der Waals surface area contributed by atoms with E-state index in [1.807, 2.05) is 19.3 Å². The summed E-state index contributed by atoms with van der Waals surface area (Å²) in [5, 5.41) is 18.1. The van der Waals surface area contributed by atoms with Gasteiger partial charge in [0, 0.05) is 41.7 Å². The van der Waals surface area contributed by atoms with Gasteiger partial charge in [0.05, 0.1) is 16.8 Å². The molecule has 6 nitrogen and oxygen atoms in total. The Bertz CT molecular complexity index is 792. The molecule has 3 aromatic rings. The quantitative estimate of drug-likeness (QED) is 0.576. The molecule has 22 heavy (non-hydrogen) atoms. The van der Waals surface area contributed by atoms with Crippen LogP contribution in [0, 0.1) is 10.1 Å². The molecule has 1 aromatic carbocycles. The van der Waals surface area contributed by atoms with Crippen molar-refractivity contribution in [2.45, 2.75) is 6.54 Å². The van der Waals surface area contributed by atoms with Gasteiger partial charge >= 0.3 is 0 Å². The minimum atomic E-state index is -0.387. The molecule has 0 aliphatic carbocycles. The van der Waals surface area contributed by atoms with Gasteiger partial charge in [0.2, 0.25) is 0 Å². The number of nitro benzene ring substituents is 1. The second kappa shape index (κ2) is 5.98. The van der Waals surface area contributed by atoms with Crippen LogP contribution in [0.15, 0.2) is 48.8 Å². The number of aryl methyl sites for hydroxylation is 1. The molecule has 0 saturated heterocycles. The number of nitro groups is 1. The molecule has 0 fully saturated rings. The van der Waals surface area contributed by atoms with E-state index in [2.05, 4.69) is 16.5 Å². The number of nitrogens with zero attached hydrogens (tertiary/aromatic N) is 3. The Balaban J connectivity index is 1.69. The summed E-state index contributed by atoms with van der Waals surface area (Å²) in [5.41, 5.74) is 2.08. The molecule has 112 valence electrons. The first-order chi connectivity index (χ1) is 10.6. The Hall–Kier alpha value is -2.67. The molecule has 0 aliphatic rings. The number of anilines is 1. The molecule has 0 saturated carbocycles. The lowest BCUT2D eigenvalue weighted by Gasteiger charge is -2.00. The summed E-state index contributed by atoms with van der Waals surface area (Å²) in [4.78, 5) is 12.6. The summed E-state index contributed by atoms with van der Waals surface area (Å²) in [6, 6.07) is 10.7. The third-order valence-electron chi connectivity index (χ3n) is 3.20. The number of benzene rings is 1. The Morgan fingerprint density at radius 2 is 2.05 bits per heavy atom. The fraction of sp³-hybridized carbons (Fsp3) is 0.133. The van der Waals surface area contributed by atoms with Gasteiger partial charge in [0.1, 0.15) is 0 Å². The van der Waals surface area contributed by atoms with Gasteiger partial charge in [-0.1, -0.05) is 0 Å². The third-order valence-corrected chi connectivity index (χ3v) is 4.33. The number of nitrogens with one attached hydrogen (secondary N) is 1. The highest BCUT2D eigenvalue weighted by molar-refractivity contribution is 7.15. The molecule has 2 aromatic heterocycles. The zero-order chi connectivity index (χ0) is 15.5. The number of aromatic nitrogens is 2. The topological polar surface area (TPSA) is 73.0 Å². The van der Waals surface area contributed by atoms with E-state index in [0.717, 1.165) is 22.7 Å². The fourth-order valence-electron chi connectivity index (χ4n) is 2.08. The van der Waals surface area contributed by atoms with E-state index in [9.17, 15) is 10.1 Å². The fourth-order valence-corrected chi connectivity index (χ4v) is 3.03. The summed E-state index contributed by atoms with van der Waals surface area (Å²) in [6.45, 7) is 0.726. The predicted octanol–water partition coefficient (Wildman–Crippen LogP) is 3.67. The number of thiophene rings is 1. The Labute approximate surface area is 131 Å². The van der Waals surface area contributed by atoms with Crippen LogP contribution in [0.4, 0.5) is 11.4 Å². The van der Waals surface area contributed by atoms with Gasteiger partial charge in [-0.05, 0) is 29.8 Å². The third kappa shape index (κ3) is 3.15. The van der Waals surface area contributed by atoms with Crippen molar-refractivity contribution in [3.8, 4) is 10.4 Å². The molecule has 1 N–H and O–H groups in total. The molecule has 0 atom stereocenters. The highest BCUT2D eigenvalue weighted by Gasteiger charge is 2.07. The molecule has 0 aliphatic heterocycles. The maximum absolute atomic E-state index is 10.7. The van der Waals surface area contributed by atoms with Crippen LogP contribution < -0.4 is 5.32 Å². The second-order valence-corrected chi connectivity index (χ2v) is 5.99. The van der Waals surface area contributed by atoms with Crippen LogP contribution in [0.3, 0.4) is 0 Å². The van der Waals surface area contributed by atoms with Crippen LogP contribution in [0.2, 0.25) is 0 Å². The molecule has 7 heteroatoms. The van der Waals surface area contributed by atoms with Crippen molar-refractivity contribution in [3.05, 3.63) is 63.8 Å². The van der Waals surface area contributed by atoms with E-state index in [-0.39, 0.29) is 10.6 Å². The van der Waals surface area contributed by atoms with Gasteiger partial charge in [-0.15, -0.1) is 11.3 Å². The number of hydrogen-bond donors (Lipinski definition) is 1. The lowest BCUT2D eigenvalue weighted by molar-refractivity contribution is -0.384. The normalized spacial score (nSPS) is 10.6. The van der Waals surface area contributed by atoms with Crippen molar-refractivity contribution in [2.75, 3.05) is 5.32 Å². The maximum Gasteiger partial charge on any atom is 0.269 e. The number of rotatable bonds is 5. The molecular formula is C15H14N4O2S. The zero-order valence-electron chi connectivity index (χ0n) is 11.9. The highest BCUT2D eigenvalue weighted by Crippen LogP contribution is 2.29. The Morgan fingerprint density at radius 3 is 2.68 bits per heavy atom. The van der Waals surface area contributed by atoms with E-state index in [1.165, 1.54) is 17.0 Å². The van der Waals surface area contributed by atoms with Crippen molar-refractivity contribution < 1.29 is 4.92 Å². The minimum absolute atomic E-state index is 0.110. The summed E-state index contributed by atoms with van der Waals surface area (Å²) in [5.74, 6) is 0. The van der Waals surface area contributed by atoms with Crippen LogP contribution in [-0.4, -0.2) is 14.7 Å². The first-order valence-electron chi connectivity index (χ1n) is 6.68. The van der Waals surface area contributed by atoms with Gasteiger partial charge in [0.15, 0.2) is 0 Å². The summed E-state index contributed by atoms with van der Waals surface area (Å²) in [6.07, 6.45) is 3.70. The van der Waals surface area contributed by atoms with Crippen molar-refractivity contribution in [2.24, 2.45) is 7.05 Å². The minimum Gasteiger partial charge on any atom is -0.378 e. The van der Waals surface area contributed by atoms with Gasteiger partial charge in [-0.3, -0.25) is 14.8 Å². The van der Waals surface area contributed by atoms with Gasteiger partial charge in [0.25, 0.3) is 5.69 Å². The van der Waals surface area contributed by atoms with Crippen LogP contribution >= 0.6 is 11.3 Å². The molecule has 3 rings (SSSR count). The molecule has 0 unspecified atom stereocenters. The zero-order valence-corrected chi connectivity index (χ0v) is 12.7. The summed E-state index contributed by atoms with van der Waals surface area (Å²) in [7, 11) is 1.88. The first kappa shape index (κ1) is 14.3. The van der Waals surface area contributed by atoms with E-state index in [4.69, 9.17) is 0 Å². The summed E-state index contributed by atoms with van der Waals surface area (Å²) >= 11 is 1.67. The van der Waals surface area contributed by atoms with E-state index in [0.29, 0.717) is 0 Å². The van der Waals surface area contributed by atoms with Crippen molar-refractivity contribution in [3.63, 3.8) is 0 Å². The van der Waals surface area contributed by atoms with Crippen molar-refractivity contribution in [1.29, 1.82) is 0 Å². The van der Waals surface area contributed by atoms with Crippen molar-refractivity contribution >= 4 is 22.7 Å². The van der Waals surface area contributed by atoms with Crippen LogP contribution in [0.1, 0.15) is 4.88 Å². The second-order valence-electron chi connectivity index (χ2n) is 4.83. The Kier molecular flexibility index (Phi) is 3.88. The van der Waals surface area contributed by atoms with E-state index < -0.39 is 0 Å². The van der Waals surface area contributed by atoms with Crippen molar-refractivity contribution in [1.82, 2.24) is 9.78 Å². The first-order valence-corrected chi connectivity index (χ1v) is 7.49. The lowest BCUT2D eigenvalue weighted by atomic mass is 10.2. The van der Waals surface area contributed by atoms with Crippen LogP contribution in [-0.2, 0) is 13.6 Å². The maximum atomic E-state index is 10.7. The Morgan fingerprint density at radius 1 is 1.27 bits per heavy atom. The van der Waals surface area contributed by atoms with Gasteiger partial charge < -0.3 is 5.32 Å². The van der Waals surface area contributed by atoms with E-state index >= 15 is 0 Å². The standard InChI is InChI=1S/C15H14N4O2S/c1-18-10-12(8-17-18)16-9-14-6-7-15(22-14)11-2-4-13(5-3-11)19(20)21/h2-8,10,16H,9H2,1H3. The largest absolute Gasteiger partial charge is 0.378 e. The monoisotopic (exact) mass is 314 g/mol. The molecule has 0 spiro atoms. The predicted molar refractivity (Wildman–Crippen MR) is 86.9 cm³/mol. The lowest BCUT2D eigenvalue weighted by Crippen LogP contribution is -1.95. The molecule has 0 amide bonds. The molecule has 0 radical (unpaired) electrons. The molecule has 0 bridgehead atoms. The molecule has 2 heterocycles. The average molecular weight is 314 g/mol. The van der Waals surface area contributed by atoms with Gasteiger partial charge in [-0.25, -0.2) is 0 Å². The van der Waals surface area contributed by atoms with E-state index in [1.54, 1.807) is 34.3 Å². The summed E-state index contributed by atoms with van der Waals surface area (Å²) < 4.78 is 1.75. The SMILES string of the molecule is Cn1cc(NCc2ccc(-c3ccc([N+](=O)[O-])cc3)s2)cn1. The number of hydrogen-bond acceptors (Lipinski definition) is 5. The molecular weight excluding hydrogens is 300 g/mol. The highest BCUT2D eigenvalue weighted by atomic mass is 32.1. The average Bonchev–Trinajstić information content (AvgIpc) is 3.14. The van der Waals surface area contributed by atoms with Crippen LogP contribution in [0.25, 0.3) is 10.4 Å².